The summed E-state index contributed by atoms with van der Waals surface area (Å²) in [6.45, 7) is 6.62. The molecular formula is C35H36F15N3O2Si. The van der Waals surface area contributed by atoms with Gasteiger partial charge in [0, 0.05) is 23.5 Å². The van der Waals surface area contributed by atoms with Crippen LogP contribution in [0.15, 0.2) is 48.8 Å². The summed E-state index contributed by atoms with van der Waals surface area (Å²) in [4.78, 5) is 11.7. The van der Waals surface area contributed by atoms with E-state index in [1.807, 2.05) is 0 Å². The fraction of sp³-hybridized carbons (Fsp3) is 0.571. The second-order valence-electron chi connectivity index (χ2n) is 13.8. The third kappa shape index (κ3) is 8.56. The molecule has 0 radical (unpaired) electrons. The SMILES string of the molecule is CCCCC(C)CC(C)CC[SiH2]Oc1ccccc1-c1cnc(-c2ccc3c(n2)C(F)(F)C(CC(F)(F)C(F)(F)C(F)(F)C(F)(F)C(F)(F)C(F)(F)F)O3)nc1. The van der Waals surface area contributed by atoms with E-state index in [0.717, 1.165) is 31.4 Å². The number of rotatable bonds is 18. The van der Waals surface area contributed by atoms with E-state index in [9.17, 15) is 57.1 Å². The number of benzene rings is 1. The predicted octanol–water partition coefficient (Wildman–Crippen LogP) is 11.3. The predicted molar refractivity (Wildman–Crippen MR) is 175 cm³/mol. The average molecular weight is 844 g/mol. The smallest absolute Gasteiger partial charge is 0.460 e. The zero-order chi connectivity index (χ0) is 42.1. The number of aromatic nitrogens is 3. The van der Waals surface area contributed by atoms with E-state index in [0.29, 0.717) is 34.8 Å². The van der Waals surface area contributed by atoms with Crippen molar-refractivity contribution in [3.05, 3.63) is 54.5 Å². The van der Waals surface area contributed by atoms with E-state index < -0.39 is 81.1 Å². The number of hydrogen-bond acceptors (Lipinski definition) is 5. The zero-order valence-corrected chi connectivity index (χ0v) is 31.2. The Morgan fingerprint density at radius 2 is 1.38 bits per heavy atom. The maximum Gasteiger partial charge on any atom is 0.460 e. The fourth-order valence-electron chi connectivity index (χ4n) is 6.14. The van der Waals surface area contributed by atoms with E-state index in [1.165, 1.54) is 25.2 Å². The Morgan fingerprint density at radius 3 is 1.98 bits per heavy atom. The minimum absolute atomic E-state index is 0.324. The highest BCUT2D eigenvalue weighted by Gasteiger charge is 2.91. The monoisotopic (exact) mass is 843 g/mol. The molecule has 4 rings (SSSR count). The minimum Gasteiger partial charge on any atom is -0.549 e. The van der Waals surface area contributed by atoms with Gasteiger partial charge >= 0.3 is 41.7 Å². The van der Waals surface area contributed by atoms with Gasteiger partial charge in [0.05, 0.1) is 6.42 Å². The van der Waals surface area contributed by atoms with E-state index >= 15 is 8.78 Å². The Balaban J connectivity index is 1.47. The van der Waals surface area contributed by atoms with Crippen molar-refractivity contribution < 1.29 is 75.0 Å². The highest BCUT2D eigenvalue weighted by Crippen LogP contribution is 2.61. The minimum atomic E-state index is -8.17. The van der Waals surface area contributed by atoms with Crippen molar-refractivity contribution in [2.24, 2.45) is 11.8 Å². The molecule has 0 saturated heterocycles. The van der Waals surface area contributed by atoms with Gasteiger partial charge in [-0.3, -0.25) is 0 Å². The number of ether oxygens (including phenoxy) is 1. The van der Waals surface area contributed by atoms with Crippen molar-refractivity contribution in [2.45, 2.75) is 113 Å². The lowest BCUT2D eigenvalue weighted by atomic mass is 9.90. The van der Waals surface area contributed by atoms with Crippen LogP contribution in [0.5, 0.6) is 11.5 Å². The maximum atomic E-state index is 15.3. The molecule has 1 aliphatic heterocycles. The van der Waals surface area contributed by atoms with Gasteiger partial charge in [0.1, 0.15) is 17.2 Å². The number of hydrogen-bond donors (Lipinski definition) is 0. The summed E-state index contributed by atoms with van der Waals surface area (Å²) in [5, 5.41) is 0. The Hall–Kier alpha value is -3.78. The number of pyridine rings is 1. The Bertz CT molecular complexity index is 1790. The molecule has 0 amide bonds. The summed E-state index contributed by atoms with van der Waals surface area (Å²) in [6.07, 6.45) is -6.16. The standard InChI is InChI=1S/C35H36F15N3O2Si/c1-4-5-8-19(2)15-20(3)13-14-56-55-24-10-7-6-9-22(24)21-17-51-28(52-18-21)23-11-12-25-27(53-23)30(38,39)26(54-25)16-29(36,37)31(40,41)32(42,43)33(44,45)34(46,47)35(48,49)50/h6-7,9-12,17-20,26H,4-5,8,13-16,56H2,1-3H3. The number of nitrogens with zero attached hydrogens (tertiary/aromatic N) is 3. The lowest BCUT2D eigenvalue weighted by molar-refractivity contribution is -0.441. The molecule has 0 saturated carbocycles. The van der Waals surface area contributed by atoms with Crippen molar-refractivity contribution in [1.29, 1.82) is 0 Å². The van der Waals surface area contributed by atoms with Crippen LogP contribution in [0.25, 0.3) is 22.6 Å². The molecule has 5 nitrogen and oxygen atoms in total. The first-order chi connectivity index (χ1) is 25.7. The summed E-state index contributed by atoms with van der Waals surface area (Å²) in [5.41, 5.74) is -0.946. The normalized spacial score (nSPS) is 17.9. The molecular weight excluding hydrogens is 807 g/mol. The maximum absolute atomic E-state index is 15.3. The van der Waals surface area contributed by atoms with Crippen LogP contribution >= 0.6 is 0 Å². The van der Waals surface area contributed by atoms with Crippen molar-refractivity contribution >= 4 is 9.76 Å². The van der Waals surface area contributed by atoms with E-state index in [1.54, 1.807) is 24.3 Å². The second-order valence-corrected chi connectivity index (χ2v) is 15.3. The summed E-state index contributed by atoms with van der Waals surface area (Å²) >= 11 is 0. The Kier molecular flexibility index (Phi) is 13.0. The van der Waals surface area contributed by atoms with Crippen molar-refractivity contribution in [1.82, 2.24) is 15.0 Å². The highest BCUT2D eigenvalue weighted by molar-refractivity contribution is 6.28. The van der Waals surface area contributed by atoms with E-state index in [4.69, 9.17) is 4.43 Å². The largest absolute Gasteiger partial charge is 0.549 e. The van der Waals surface area contributed by atoms with Crippen LogP contribution < -0.4 is 9.16 Å². The van der Waals surface area contributed by atoms with Crippen LogP contribution in [0.1, 0.15) is 65.0 Å². The van der Waals surface area contributed by atoms with E-state index in [-0.39, 0.29) is 5.82 Å². The van der Waals surface area contributed by atoms with Gasteiger partial charge < -0.3 is 9.16 Å². The third-order valence-electron chi connectivity index (χ3n) is 9.32. The molecule has 312 valence electrons. The molecule has 0 bridgehead atoms. The van der Waals surface area contributed by atoms with Crippen molar-refractivity contribution in [3.8, 4) is 34.1 Å². The molecule has 0 aliphatic carbocycles. The quantitative estimate of drug-likeness (QED) is 0.0725. The van der Waals surface area contributed by atoms with Gasteiger partial charge in [-0.25, -0.2) is 15.0 Å². The van der Waals surface area contributed by atoms with Gasteiger partial charge in [0.2, 0.25) is 9.76 Å². The lowest BCUT2D eigenvalue weighted by Crippen LogP contribution is -2.70. The van der Waals surface area contributed by atoms with Gasteiger partial charge in [-0.2, -0.15) is 65.9 Å². The second kappa shape index (κ2) is 16.2. The molecule has 56 heavy (non-hydrogen) atoms. The van der Waals surface area contributed by atoms with Gasteiger partial charge in [0.25, 0.3) is 0 Å². The van der Waals surface area contributed by atoms with Gasteiger partial charge in [-0.15, -0.1) is 0 Å². The number of alkyl halides is 15. The highest BCUT2D eigenvalue weighted by atomic mass is 28.2. The molecule has 0 N–H and O–H groups in total. The molecule has 21 heteroatoms. The van der Waals surface area contributed by atoms with Crippen LogP contribution in [0.3, 0.4) is 0 Å². The van der Waals surface area contributed by atoms with Crippen LogP contribution in [0.2, 0.25) is 6.04 Å². The van der Waals surface area contributed by atoms with Gasteiger partial charge in [0.15, 0.2) is 17.6 Å². The first-order valence-electron chi connectivity index (χ1n) is 17.3. The van der Waals surface area contributed by atoms with Crippen molar-refractivity contribution in [3.63, 3.8) is 0 Å². The molecule has 1 aromatic carbocycles. The van der Waals surface area contributed by atoms with Crippen LogP contribution in [0, 0.1) is 11.8 Å². The number of para-hydroxylation sites is 1. The van der Waals surface area contributed by atoms with E-state index in [2.05, 4.69) is 40.5 Å². The van der Waals surface area contributed by atoms with Crippen molar-refractivity contribution in [2.75, 3.05) is 0 Å². The summed E-state index contributed by atoms with van der Waals surface area (Å²) in [5.74, 6) is -43.3. The average Bonchev–Trinajstić information content (AvgIpc) is 3.36. The number of halogens is 15. The lowest BCUT2D eigenvalue weighted by Gasteiger charge is -2.40. The van der Waals surface area contributed by atoms with Crippen LogP contribution in [-0.2, 0) is 5.92 Å². The summed E-state index contributed by atoms with van der Waals surface area (Å²) in [6, 6.07) is 9.49. The molecule has 3 unspecified atom stereocenters. The summed E-state index contributed by atoms with van der Waals surface area (Å²) in [7, 11) is -0.983. The first-order valence-corrected chi connectivity index (χ1v) is 18.9. The molecule has 3 atom stereocenters. The fourth-order valence-corrected chi connectivity index (χ4v) is 7.62. The molecule has 3 aromatic rings. The first kappa shape index (κ1) is 44.9. The van der Waals surface area contributed by atoms with Gasteiger partial charge in [-0.05, 0) is 42.5 Å². The van der Waals surface area contributed by atoms with Gasteiger partial charge in [-0.1, -0.05) is 64.7 Å². The zero-order valence-electron chi connectivity index (χ0n) is 29.8. The summed E-state index contributed by atoms with van der Waals surface area (Å²) < 4.78 is 217. The topological polar surface area (TPSA) is 57.1 Å². The Morgan fingerprint density at radius 1 is 0.786 bits per heavy atom. The number of fused-ring (bicyclic) bond motifs is 1. The molecule has 0 fully saturated rings. The van der Waals surface area contributed by atoms with Crippen LogP contribution in [0.4, 0.5) is 65.9 Å². The number of unbranched alkanes of at least 4 members (excludes halogenated alkanes) is 1. The third-order valence-corrected chi connectivity index (χ3v) is 10.5. The molecule has 2 aromatic heterocycles. The van der Waals surface area contributed by atoms with Crippen LogP contribution in [-0.4, -0.2) is 66.6 Å². The molecule has 1 aliphatic rings. The Labute approximate surface area is 313 Å². The molecule has 0 spiro atoms. The molecule has 3 heterocycles.